The van der Waals surface area contributed by atoms with Crippen LogP contribution in [0.2, 0.25) is 0 Å². The average Bonchev–Trinajstić information content (AvgIpc) is 3.26. The van der Waals surface area contributed by atoms with Gasteiger partial charge in [0.2, 0.25) is 0 Å². The number of anilines is 2. The van der Waals surface area contributed by atoms with Crippen LogP contribution in [0.25, 0.3) is 22.3 Å². The maximum Gasteiger partial charge on any atom is 0.285 e. The number of hydrogen-bond donors (Lipinski definition) is 0. The molecule has 10 nitrogen and oxygen atoms in total. The van der Waals surface area contributed by atoms with Gasteiger partial charge in [0.25, 0.3) is 16.1 Å². The highest BCUT2D eigenvalue weighted by atomic mass is 32.2. The van der Waals surface area contributed by atoms with Crippen molar-refractivity contribution in [3.8, 4) is 11.3 Å². The van der Waals surface area contributed by atoms with Crippen LogP contribution in [0.5, 0.6) is 0 Å². The lowest BCUT2D eigenvalue weighted by Gasteiger charge is -2.29. The molecule has 0 aliphatic carbocycles. The maximum atomic E-state index is 15.2. The van der Waals surface area contributed by atoms with Crippen molar-refractivity contribution >= 4 is 32.9 Å². The first kappa shape index (κ1) is 29.9. The lowest BCUT2D eigenvalue weighted by molar-refractivity contribution is 0.219. The third-order valence-corrected chi connectivity index (χ3v) is 7.99. The van der Waals surface area contributed by atoms with E-state index in [2.05, 4.69) is 31.9 Å². The van der Waals surface area contributed by atoms with E-state index in [9.17, 15) is 8.42 Å². The molecule has 13 heteroatoms. The van der Waals surface area contributed by atoms with E-state index in [0.29, 0.717) is 23.0 Å². The molecule has 4 heterocycles. The van der Waals surface area contributed by atoms with Gasteiger partial charge in [-0.3, -0.25) is 0 Å². The largest absolute Gasteiger partial charge is 0.326 e. The number of aromatic nitrogens is 5. The van der Waals surface area contributed by atoms with Crippen LogP contribution in [-0.2, 0) is 20.8 Å². The van der Waals surface area contributed by atoms with E-state index in [1.165, 1.54) is 0 Å². The van der Waals surface area contributed by atoms with Crippen molar-refractivity contribution in [2.24, 2.45) is 5.92 Å². The standard InChI is InChI=1S/C29H35F2N7O3S/c1-17(2)37-19(4)34-28-23(30)14-22(15-25(28)37)27-24(31)16-32-29(35-27)38(41-42(6,39)40)26-8-7-21(18(3)33-26)13-20-9-11-36(5)12-10-20/h7-8,14-17,20H,9-13H2,1-6H3. The first-order valence-corrected chi connectivity index (χ1v) is 15.7. The second kappa shape index (κ2) is 11.6. The number of imidazole rings is 1. The number of hydrogen-bond acceptors (Lipinski definition) is 9. The molecule has 5 rings (SSSR count). The summed E-state index contributed by atoms with van der Waals surface area (Å²) in [6.07, 6.45) is 4.82. The van der Waals surface area contributed by atoms with Crippen molar-refractivity contribution in [2.75, 3.05) is 31.5 Å². The lowest BCUT2D eigenvalue weighted by atomic mass is 9.90. The average molecular weight is 600 g/mol. The summed E-state index contributed by atoms with van der Waals surface area (Å²) < 4.78 is 61.9. The topological polar surface area (TPSA) is 106 Å². The number of piperidine rings is 1. The van der Waals surface area contributed by atoms with Crippen LogP contribution < -0.4 is 5.06 Å². The molecule has 3 aromatic heterocycles. The van der Waals surface area contributed by atoms with Crippen molar-refractivity contribution in [2.45, 2.75) is 53.0 Å². The Morgan fingerprint density at radius 1 is 1.07 bits per heavy atom. The van der Waals surface area contributed by atoms with Crippen LogP contribution in [0.15, 0.2) is 30.5 Å². The quantitative estimate of drug-likeness (QED) is 0.250. The van der Waals surface area contributed by atoms with E-state index in [4.69, 9.17) is 4.28 Å². The van der Waals surface area contributed by atoms with Crippen molar-refractivity contribution in [3.05, 3.63) is 59.2 Å². The molecule has 0 saturated carbocycles. The molecule has 1 aliphatic rings. The summed E-state index contributed by atoms with van der Waals surface area (Å²) in [4.78, 5) is 19.6. The lowest BCUT2D eigenvalue weighted by Crippen LogP contribution is -2.31. The molecule has 0 N–H and O–H groups in total. The number of rotatable bonds is 8. The van der Waals surface area contributed by atoms with Gasteiger partial charge in [-0.2, -0.15) is 8.42 Å². The zero-order valence-corrected chi connectivity index (χ0v) is 25.4. The van der Waals surface area contributed by atoms with E-state index >= 15 is 8.78 Å². The van der Waals surface area contributed by atoms with E-state index in [0.717, 1.165) is 61.5 Å². The predicted octanol–water partition coefficient (Wildman–Crippen LogP) is 5.28. The third-order valence-electron chi connectivity index (χ3n) is 7.57. The van der Waals surface area contributed by atoms with Gasteiger partial charge in [0.05, 0.1) is 18.0 Å². The van der Waals surface area contributed by atoms with Crippen molar-refractivity contribution < 1.29 is 21.5 Å². The van der Waals surface area contributed by atoms with Gasteiger partial charge in [-0.15, -0.1) is 9.35 Å². The van der Waals surface area contributed by atoms with Gasteiger partial charge < -0.3 is 9.47 Å². The van der Waals surface area contributed by atoms with Gasteiger partial charge in [0.15, 0.2) is 17.5 Å². The predicted molar refractivity (Wildman–Crippen MR) is 157 cm³/mol. The third kappa shape index (κ3) is 6.27. The van der Waals surface area contributed by atoms with Crippen LogP contribution in [0.4, 0.5) is 20.5 Å². The molecule has 0 amide bonds. The number of likely N-dealkylation sites (tertiary alicyclic amines) is 1. The first-order chi connectivity index (χ1) is 19.8. The smallest absolute Gasteiger partial charge is 0.285 e. The Balaban J connectivity index is 1.54. The Labute approximate surface area is 244 Å². The van der Waals surface area contributed by atoms with Crippen molar-refractivity contribution in [3.63, 3.8) is 0 Å². The van der Waals surface area contributed by atoms with E-state index < -0.39 is 21.8 Å². The minimum Gasteiger partial charge on any atom is -0.326 e. The Morgan fingerprint density at radius 2 is 1.79 bits per heavy atom. The highest BCUT2D eigenvalue weighted by Gasteiger charge is 2.25. The Hall–Kier alpha value is -3.55. The summed E-state index contributed by atoms with van der Waals surface area (Å²) >= 11 is 0. The molecule has 224 valence electrons. The summed E-state index contributed by atoms with van der Waals surface area (Å²) in [5.41, 5.74) is 2.32. The molecule has 1 fully saturated rings. The highest BCUT2D eigenvalue weighted by Crippen LogP contribution is 2.32. The van der Waals surface area contributed by atoms with Gasteiger partial charge in [0.1, 0.15) is 17.0 Å². The van der Waals surface area contributed by atoms with Crippen LogP contribution in [-0.4, -0.2) is 64.2 Å². The number of nitrogens with zero attached hydrogens (tertiary/aromatic N) is 7. The Morgan fingerprint density at radius 3 is 2.43 bits per heavy atom. The molecule has 0 spiro atoms. The zero-order chi connectivity index (χ0) is 30.3. The van der Waals surface area contributed by atoms with Crippen molar-refractivity contribution in [1.29, 1.82) is 0 Å². The Bertz CT molecular complexity index is 1740. The van der Waals surface area contributed by atoms with Crippen LogP contribution in [0.1, 0.15) is 49.8 Å². The van der Waals surface area contributed by atoms with Crippen LogP contribution in [0.3, 0.4) is 0 Å². The SMILES string of the molecule is Cc1nc(N(OS(C)(=O)=O)c2ncc(F)c(-c3cc(F)c4nc(C)n(C(C)C)c4c3)n2)ccc1CC1CCN(C)CC1. The number of aryl methyl sites for hydroxylation is 2. The van der Waals surface area contributed by atoms with Crippen LogP contribution in [0, 0.1) is 31.4 Å². The minimum atomic E-state index is -4.07. The summed E-state index contributed by atoms with van der Waals surface area (Å²) in [6.45, 7) is 9.60. The normalized spacial score (nSPS) is 15.2. The van der Waals surface area contributed by atoms with Gasteiger partial charge in [-0.1, -0.05) is 6.07 Å². The molecule has 1 aliphatic heterocycles. The molecule has 1 aromatic carbocycles. The van der Waals surface area contributed by atoms with Crippen molar-refractivity contribution in [1.82, 2.24) is 29.4 Å². The molecule has 0 radical (unpaired) electrons. The Kier molecular flexibility index (Phi) is 8.28. The van der Waals surface area contributed by atoms with Gasteiger partial charge in [-0.25, -0.2) is 28.7 Å². The number of fused-ring (bicyclic) bond motifs is 1. The van der Waals surface area contributed by atoms with E-state index in [1.54, 1.807) is 19.1 Å². The fraction of sp³-hybridized carbons (Fsp3) is 0.448. The number of halogens is 2. The number of benzene rings is 1. The minimum absolute atomic E-state index is 0.0224. The van der Waals surface area contributed by atoms with Crippen LogP contribution >= 0.6 is 0 Å². The monoisotopic (exact) mass is 599 g/mol. The fourth-order valence-electron chi connectivity index (χ4n) is 5.51. The van der Waals surface area contributed by atoms with Gasteiger partial charge >= 0.3 is 0 Å². The molecule has 4 aromatic rings. The molecule has 42 heavy (non-hydrogen) atoms. The molecular formula is C29H35F2N7O3S. The highest BCUT2D eigenvalue weighted by molar-refractivity contribution is 7.86. The molecule has 1 saturated heterocycles. The van der Waals surface area contributed by atoms with Gasteiger partial charge in [-0.05, 0) is 96.8 Å². The summed E-state index contributed by atoms with van der Waals surface area (Å²) in [6, 6.07) is 6.25. The van der Waals surface area contributed by atoms with E-state index in [-0.39, 0.29) is 34.6 Å². The molecule has 0 atom stereocenters. The fourth-order valence-corrected chi connectivity index (χ4v) is 5.92. The first-order valence-electron chi connectivity index (χ1n) is 13.9. The summed E-state index contributed by atoms with van der Waals surface area (Å²) in [5.74, 6) is -0.465. The van der Waals surface area contributed by atoms with E-state index in [1.807, 2.05) is 31.4 Å². The molecule has 0 bridgehead atoms. The maximum absolute atomic E-state index is 15.2. The van der Waals surface area contributed by atoms with Gasteiger partial charge in [0, 0.05) is 17.3 Å². The molecule has 0 unspecified atom stereocenters. The zero-order valence-electron chi connectivity index (χ0n) is 24.6. The second-order valence-corrected chi connectivity index (χ2v) is 12.8. The summed E-state index contributed by atoms with van der Waals surface area (Å²) in [7, 11) is -1.95. The second-order valence-electron chi connectivity index (χ2n) is 11.3. The number of pyridine rings is 1. The molecular weight excluding hydrogens is 564 g/mol. The summed E-state index contributed by atoms with van der Waals surface area (Å²) in [5, 5.41) is 0.849.